The van der Waals surface area contributed by atoms with Crippen molar-refractivity contribution < 1.29 is 9.59 Å². The van der Waals surface area contributed by atoms with E-state index < -0.39 is 0 Å². The molecule has 5 heteroatoms. The number of para-hydroxylation sites is 1. The summed E-state index contributed by atoms with van der Waals surface area (Å²) in [7, 11) is 0. The Hall–Kier alpha value is -3.60. The number of hydrogen-bond donors (Lipinski definition) is 2. The molecule has 0 spiro atoms. The Morgan fingerprint density at radius 3 is 2.00 bits per heavy atom. The van der Waals surface area contributed by atoms with Crippen LogP contribution in [0.4, 0.5) is 11.4 Å². The second-order valence-electron chi connectivity index (χ2n) is 9.38. The summed E-state index contributed by atoms with van der Waals surface area (Å²) in [6, 6.07) is 22.3. The van der Waals surface area contributed by atoms with Crippen molar-refractivity contribution in [3.05, 3.63) is 72.3 Å². The van der Waals surface area contributed by atoms with Crippen LogP contribution in [-0.4, -0.2) is 16.4 Å². The molecule has 0 fully saturated rings. The number of benzene rings is 3. The van der Waals surface area contributed by atoms with Crippen LogP contribution in [-0.2, 0) is 16.1 Å². The highest BCUT2D eigenvalue weighted by Crippen LogP contribution is 2.31. The highest BCUT2D eigenvalue weighted by Gasteiger charge is 2.15. The molecule has 1 heterocycles. The predicted molar refractivity (Wildman–Crippen MR) is 141 cm³/mol. The molecule has 0 aliphatic heterocycles. The van der Waals surface area contributed by atoms with Crippen molar-refractivity contribution in [2.45, 2.75) is 53.0 Å². The maximum absolute atomic E-state index is 12.7. The molecule has 1 atom stereocenters. The lowest BCUT2D eigenvalue weighted by atomic mass is 10.0. The molecule has 4 aromatic rings. The molecule has 2 amide bonds. The highest BCUT2D eigenvalue weighted by molar-refractivity contribution is 6.09. The molecule has 0 bridgehead atoms. The number of carbonyl (C=O) groups is 2. The summed E-state index contributed by atoms with van der Waals surface area (Å²) in [6.07, 6.45) is 0.580. The van der Waals surface area contributed by atoms with Crippen molar-refractivity contribution in [2.75, 3.05) is 10.6 Å². The summed E-state index contributed by atoms with van der Waals surface area (Å²) in [5, 5.41) is 8.26. The van der Waals surface area contributed by atoms with Gasteiger partial charge in [0.2, 0.25) is 11.8 Å². The normalized spacial score (nSPS) is 12.3. The fourth-order valence-electron chi connectivity index (χ4n) is 4.55. The van der Waals surface area contributed by atoms with Gasteiger partial charge in [0, 0.05) is 52.6 Å². The van der Waals surface area contributed by atoms with Crippen molar-refractivity contribution >= 4 is 45.0 Å². The Balaban J connectivity index is 1.36. The van der Waals surface area contributed by atoms with E-state index in [9.17, 15) is 9.59 Å². The van der Waals surface area contributed by atoms with Gasteiger partial charge in [-0.15, -0.1) is 0 Å². The smallest absolute Gasteiger partial charge is 0.224 e. The number of nitrogens with one attached hydrogen (secondary N) is 2. The number of fused-ring (bicyclic) bond motifs is 3. The Labute approximate surface area is 201 Å². The minimum Gasteiger partial charge on any atom is -0.341 e. The van der Waals surface area contributed by atoms with Gasteiger partial charge in [0.15, 0.2) is 0 Å². The summed E-state index contributed by atoms with van der Waals surface area (Å²) < 4.78 is 2.29. The number of aromatic nitrogens is 1. The van der Waals surface area contributed by atoms with Gasteiger partial charge in [-0.25, -0.2) is 0 Å². The second kappa shape index (κ2) is 10.1. The molecule has 2 N–H and O–H groups in total. The summed E-state index contributed by atoms with van der Waals surface area (Å²) in [5.74, 6) is 0.224. The molecular weight excluding hydrogens is 422 g/mol. The molecule has 0 aliphatic carbocycles. The molecule has 0 aliphatic rings. The van der Waals surface area contributed by atoms with E-state index in [1.807, 2.05) is 55.5 Å². The van der Waals surface area contributed by atoms with Gasteiger partial charge in [0.05, 0.1) is 0 Å². The molecule has 0 radical (unpaired) electrons. The standard InChI is InChI=1S/C29H33N3O2/c1-5-32-26-9-7-6-8-24(26)25-18-23(14-15-27(25)32)31-29(34)17-20(4)16-28(33)30-22-12-10-21(11-13-22)19(2)3/h6-15,18-20H,5,16-17H2,1-4H3,(H,30,33)(H,31,34)/t20-/m0/s1. The molecular formula is C29H33N3O2. The molecule has 1 aromatic heterocycles. The average molecular weight is 456 g/mol. The number of hydrogen-bond acceptors (Lipinski definition) is 2. The monoisotopic (exact) mass is 455 g/mol. The van der Waals surface area contributed by atoms with E-state index in [2.05, 4.69) is 54.2 Å². The minimum atomic E-state index is -0.0832. The third-order valence-electron chi connectivity index (χ3n) is 6.30. The van der Waals surface area contributed by atoms with Crippen LogP contribution in [0.3, 0.4) is 0 Å². The quantitative estimate of drug-likeness (QED) is 0.302. The molecule has 5 nitrogen and oxygen atoms in total. The first-order chi connectivity index (χ1) is 16.4. The molecule has 176 valence electrons. The third kappa shape index (κ3) is 5.14. The SMILES string of the molecule is CCn1c2ccccc2c2cc(NC(=O)C[C@@H](C)CC(=O)Nc3ccc(C(C)C)cc3)ccc21. The fourth-order valence-corrected chi connectivity index (χ4v) is 4.55. The minimum absolute atomic E-state index is 0.0688. The van der Waals surface area contributed by atoms with E-state index in [1.165, 1.54) is 16.5 Å². The van der Waals surface area contributed by atoms with Crippen LogP contribution < -0.4 is 10.6 Å². The first kappa shape index (κ1) is 23.6. The van der Waals surface area contributed by atoms with Crippen molar-refractivity contribution in [3.8, 4) is 0 Å². The fraction of sp³-hybridized carbons (Fsp3) is 0.310. The van der Waals surface area contributed by atoms with E-state index in [0.29, 0.717) is 12.3 Å². The van der Waals surface area contributed by atoms with Crippen LogP contribution in [0.5, 0.6) is 0 Å². The number of carbonyl (C=O) groups excluding carboxylic acids is 2. The van der Waals surface area contributed by atoms with Crippen molar-refractivity contribution in [3.63, 3.8) is 0 Å². The van der Waals surface area contributed by atoms with Crippen LogP contribution in [0.2, 0.25) is 0 Å². The van der Waals surface area contributed by atoms with E-state index in [4.69, 9.17) is 0 Å². The van der Waals surface area contributed by atoms with Crippen LogP contribution in [0, 0.1) is 5.92 Å². The van der Waals surface area contributed by atoms with E-state index >= 15 is 0 Å². The van der Waals surface area contributed by atoms with Crippen LogP contribution >= 0.6 is 0 Å². The summed E-state index contributed by atoms with van der Waals surface area (Å²) in [6.45, 7) is 9.24. The van der Waals surface area contributed by atoms with Gasteiger partial charge in [-0.05, 0) is 60.7 Å². The number of anilines is 2. The lowest BCUT2D eigenvalue weighted by Gasteiger charge is -2.13. The van der Waals surface area contributed by atoms with E-state index in [1.54, 1.807) is 0 Å². The van der Waals surface area contributed by atoms with Gasteiger partial charge in [-0.2, -0.15) is 0 Å². The lowest BCUT2D eigenvalue weighted by Crippen LogP contribution is -2.20. The molecule has 0 unspecified atom stereocenters. The highest BCUT2D eigenvalue weighted by atomic mass is 16.2. The number of rotatable bonds is 8. The Morgan fingerprint density at radius 2 is 1.35 bits per heavy atom. The number of amides is 2. The van der Waals surface area contributed by atoms with Gasteiger partial charge in [0.25, 0.3) is 0 Å². The third-order valence-corrected chi connectivity index (χ3v) is 6.30. The zero-order valence-corrected chi connectivity index (χ0v) is 20.4. The molecule has 4 rings (SSSR count). The lowest BCUT2D eigenvalue weighted by molar-refractivity contribution is -0.118. The maximum Gasteiger partial charge on any atom is 0.224 e. The predicted octanol–water partition coefficient (Wildman–Crippen LogP) is 6.93. The van der Waals surface area contributed by atoms with Gasteiger partial charge >= 0.3 is 0 Å². The van der Waals surface area contributed by atoms with Crippen molar-refractivity contribution in [1.29, 1.82) is 0 Å². The van der Waals surface area contributed by atoms with Crippen LogP contribution in [0.25, 0.3) is 21.8 Å². The summed E-state index contributed by atoms with van der Waals surface area (Å²) in [5.41, 5.74) is 5.15. The molecule has 3 aromatic carbocycles. The molecule has 34 heavy (non-hydrogen) atoms. The second-order valence-corrected chi connectivity index (χ2v) is 9.38. The van der Waals surface area contributed by atoms with Crippen molar-refractivity contribution in [2.24, 2.45) is 5.92 Å². The summed E-state index contributed by atoms with van der Waals surface area (Å²) >= 11 is 0. The first-order valence-corrected chi connectivity index (χ1v) is 12.1. The topological polar surface area (TPSA) is 63.1 Å². The van der Waals surface area contributed by atoms with Gasteiger partial charge in [-0.3, -0.25) is 9.59 Å². The zero-order chi connectivity index (χ0) is 24.2. The average Bonchev–Trinajstić information content (AvgIpc) is 3.12. The number of nitrogens with zero attached hydrogens (tertiary/aromatic N) is 1. The number of aryl methyl sites for hydroxylation is 1. The molecule has 0 saturated carbocycles. The van der Waals surface area contributed by atoms with Gasteiger partial charge in [-0.1, -0.05) is 51.1 Å². The first-order valence-electron chi connectivity index (χ1n) is 12.1. The zero-order valence-electron chi connectivity index (χ0n) is 20.4. The maximum atomic E-state index is 12.7. The Morgan fingerprint density at radius 1 is 0.765 bits per heavy atom. The Kier molecular flexibility index (Phi) is 7.01. The van der Waals surface area contributed by atoms with Crippen molar-refractivity contribution in [1.82, 2.24) is 4.57 Å². The van der Waals surface area contributed by atoms with Gasteiger partial charge in [0.1, 0.15) is 0 Å². The summed E-state index contributed by atoms with van der Waals surface area (Å²) in [4.78, 5) is 25.1. The van der Waals surface area contributed by atoms with E-state index in [0.717, 1.165) is 28.8 Å². The van der Waals surface area contributed by atoms with Gasteiger partial charge < -0.3 is 15.2 Å². The van der Waals surface area contributed by atoms with Crippen LogP contribution in [0.15, 0.2) is 66.7 Å². The Bertz CT molecular complexity index is 1320. The van der Waals surface area contributed by atoms with Crippen LogP contribution in [0.1, 0.15) is 52.0 Å². The van der Waals surface area contributed by atoms with E-state index in [-0.39, 0.29) is 24.2 Å². The molecule has 0 saturated heterocycles. The largest absolute Gasteiger partial charge is 0.341 e.